The number of rotatable bonds is 9. The highest BCUT2D eigenvalue weighted by Gasteiger charge is 2.21. The normalized spacial score (nSPS) is 14.5. The molecule has 0 saturated carbocycles. The van der Waals surface area contributed by atoms with Crippen molar-refractivity contribution in [3.63, 3.8) is 0 Å². The summed E-state index contributed by atoms with van der Waals surface area (Å²) in [5.74, 6) is 1.04. The van der Waals surface area contributed by atoms with Crippen LogP contribution in [0.3, 0.4) is 0 Å². The van der Waals surface area contributed by atoms with Crippen molar-refractivity contribution < 1.29 is 19.0 Å². The zero-order valence-corrected chi connectivity index (χ0v) is 18.5. The van der Waals surface area contributed by atoms with E-state index in [-0.39, 0.29) is 12.5 Å². The van der Waals surface area contributed by atoms with Crippen molar-refractivity contribution in [2.24, 2.45) is 0 Å². The molecule has 4 rings (SSSR count). The number of carbonyl (C=O) groups is 1. The van der Waals surface area contributed by atoms with E-state index in [4.69, 9.17) is 19.2 Å². The number of methoxy groups -OCH3 is 1. The molecule has 164 valence electrons. The highest BCUT2D eigenvalue weighted by Crippen LogP contribution is 2.30. The van der Waals surface area contributed by atoms with Crippen molar-refractivity contribution in [2.75, 3.05) is 58.0 Å². The topological polar surface area (TPSA) is 64.1 Å². The number of carbonyl (C=O) groups excluding carboxylic acids is 1. The maximum atomic E-state index is 13.2. The molecule has 1 fully saturated rings. The first-order chi connectivity index (χ1) is 15.2. The van der Waals surface area contributed by atoms with Gasteiger partial charge in [-0.1, -0.05) is 35.6 Å². The van der Waals surface area contributed by atoms with Gasteiger partial charge in [0, 0.05) is 26.2 Å². The first-order valence-corrected chi connectivity index (χ1v) is 11.3. The first kappa shape index (κ1) is 21.5. The number of ether oxygens (including phenoxy) is 3. The van der Waals surface area contributed by atoms with Gasteiger partial charge in [0.05, 0.1) is 30.5 Å². The Bertz CT molecular complexity index is 970. The predicted octanol–water partition coefficient (Wildman–Crippen LogP) is 3.44. The monoisotopic (exact) mass is 441 g/mol. The van der Waals surface area contributed by atoms with Crippen LogP contribution in [0.4, 0.5) is 5.13 Å². The Labute approximate surface area is 186 Å². The molecule has 1 aliphatic rings. The molecule has 7 nitrogen and oxygen atoms in total. The lowest BCUT2D eigenvalue weighted by molar-refractivity contribution is -0.120. The largest absolute Gasteiger partial charge is 0.493 e. The predicted molar refractivity (Wildman–Crippen MR) is 122 cm³/mol. The number of hydrogen-bond acceptors (Lipinski definition) is 7. The molecule has 1 amide bonds. The summed E-state index contributed by atoms with van der Waals surface area (Å²) in [4.78, 5) is 22.0. The summed E-state index contributed by atoms with van der Waals surface area (Å²) in [7, 11) is 1.59. The number of hydrogen-bond donors (Lipinski definition) is 0. The third kappa shape index (κ3) is 5.52. The average molecular weight is 442 g/mol. The van der Waals surface area contributed by atoms with Gasteiger partial charge in [-0.25, -0.2) is 4.98 Å². The fourth-order valence-corrected chi connectivity index (χ4v) is 4.54. The summed E-state index contributed by atoms with van der Waals surface area (Å²) in [6.07, 6.45) is 0.857. The average Bonchev–Trinajstić information content (AvgIpc) is 3.25. The van der Waals surface area contributed by atoms with E-state index < -0.39 is 0 Å². The van der Waals surface area contributed by atoms with Gasteiger partial charge in [0.1, 0.15) is 0 Å². The maximum Gasteiger partial charge on any atom is 0.266 e. The summed E-state index contributed by atoms with van der Waals surface area (Å²) in [6.45, 7) is 4.85. The van der Waals surface area contributed by atoms with Gasteiger partial charge in [0.2, 0.25) is 0 Å². The summed E-state index contributed by atoms with van der Waals surface area (Å²) in [5, 5.41) is 0.705. The molecule has 3 aromatic rings. The van der Waals surface area contributed by atoms with Crippen LogP contribution in [-0.4, -0.2) is 68.9 Å². The van der Waals surface area contributed by atoms with Crippen molar-refractivity contribution in [2.45, 2.75) is 6.42 Å². The van der Waals surface area contributed by atoms with Gasteiger partial charge in [-0.2, -0.15) is 0 Å². The standard InChI is InChI=1S/C23H27N3O4S/c1-28-19-8-3-4-9-20(19)30-17-22(27)26(12-6-11-25-13-15-29-16-14-25)23-24-18-7-2-5-10-21(18)31-23/h2-5,7-10H,6,11-17H2,1H3. The number of aromatic nitrogens is 1. The van der Waals surface area contributed by atoms with Gasteiger partial charge in [-0.05, 0) is 30.7 Å². The van der Waals surface area contributed by atoms with Gasteiger partial charge in [-0.15, -0.1) is 0 Å². The summed E-state index contributed by atoms with van der Waals surface area (Å²) in [5.41, 5.74) is 0.902. The molecule has 1 aliphatic heterocycles. The highest BCUT2D eigenvalue weighted by molar-refractivity contribution is 7.22. The van der Waals surface area contributed by atoms with Crippen molar-refractivity contribution in [1.82, 2.24) is 9.88 Å². The Balaban J connectivity index is 1.46. The van der Waals surface area contributed by atoms with Crippen molar-refractivity contribution in [3.05, 3.63) is 48.5 Å². The quantitative estimate of drug-likeness (QED) is 0.507. The third-order valence-electron chi connectivity index (χ3n) is 5.19. The number of morpholine rings is 1. The fourth-order valence-electron chi connectivity index (χ4n) is 3.54. The molecule has 2 aromatic carbocycles. The molecule has 0 N–H and O–H groups in total. The smallest absolute Gasteiger partial charge is 0.266 e. The molecular weight excluding hydrogens is 414 g/mol. The summed E-state index contributed by atoms with van der Waals surface area (Å²) in [6, 6.07) is 15.3. The van der Waals surface area contributed by atoms with E-state index in [1.54, 1.807) is 18.1 Å². The second-order valence-corrected chi connectivity index (χ2v) is 8.27. The van der Waals surface area contributed by atoms with Crippen LogP contribution in [0.25, 0.3) is 10.2 Å². The van der Waals surface area contributed by atoms with E-state index >= 15 is 0 Å². The molecule has 31 heavy (non-hydrogen) atoms. The molecule has 0 radical (unpaired) electrons. The lowest BCUT2D eigenvalue weighted by Crippen LogP contribution is -2.40. The van der Waals surface area contributed by atoms with Crippen molar-refractivity contribution in [3.8, 4) is 11.5 Å². The number of para-hydroxylation sites is 3. The van der Waals surface area contributed by atoms with E-state index in [9.17, 15) is 4.79 Å². The maximum absolute atomic E-state index is 13.2. The molecular formula is C23H27N3O4S. The van der Waals surface area contributed by atoms with Crippen LogP contribution in [0.5, 0.6) is 11.5 Å². The van der Waals surface area contributed by atoms with Gasteiger partial charge >= 0.3 is 0 Å². The second-order valence-electron chi connectivity index (χ2n) is 7.26. The highest BCUT2D eigenvalue weighted by atomic mass is 32.1. The molecule has 0 aliphatic carbocycles. The minimum absolute atomic E-state index is 0.0755. The molecule has 0 spiro atoms. The van der Waals surface area contributed by atoms with E-state index in [0.717, 1.165) is 49.5 Å². The first-order valence-electron chi connectivity index (χ1n) is 10.5. The SMILES string of the molecule is COc1ccccc1OCC(=O)N(CCCN1CCOCC1)c1nc2ccccc2s1. The molecule has 1 aromatic heterocycles. The Morgan fingerprint density at radius 1 is 1.13 bits per heavy atom. The number of fused-ring (bicyclic) bond motifs is 1. The van der Waals surface area contributed by atoms with Crippen LogP contribution < -0.4 is 14.4 Å². The van der Waals surface area contributed by atoms with Crippen molar-refractivity contribution in [1.29, 1.82) is 0 Å². The summed E-state index contributed by atoms with van der Waals surface area (Å²) < 4.78 is 17.6. The Kier molecular flexibility index (Phi) is 7.35. The van der Waals surface area contributed by atoms with Gasteiger partial charge in [0.25, 0.3) is 5.91 Å². The molecule has 0 bridgehead atoms. The zero-order chi connectivity index (χ0) is 21.5. The Morgan fingerprint density at radius 3 is 2.65 bits per heavy atom. The van der Waals surface area contributed by atoms with Crippen LogP contribution in [0.15, 0.2) is 48.5 Å². The van der Waals surface area contributed by atoms with E-state index in [1.165, 1.54) is 11.3 Å². The lowest BCUT2D eigenvalue weighted by atomic mass is 10.3. The van der Waals surface area contributed by atoms with Crippen LogP contribution in [0.1, 0.15) is 6.42 Å². The minimum Gasteiger partial charge on any atom is -0.493 e. The molecule has 1 saturated heterocycles. The third-order valence-corrected chi connectivity index (χ3v) is 6.25. The van der Waals surface area contributed by atoms with Crippen LogP contribution in [-0.2, 0) is 9.53 Å². The molecule has 0 unspecified atom stereocenters. The lowest BCUT2D eigenvalue weighted by Gasteiger charge is -2.27. The molecule has 8 heteroatoms. The summed E-state index contributed by atoms with van der Waals surface area (Å²) >= 11 is 1.53. The van der Waals surface area contributed by atoms with Crippen LogP contribution in [0.2, 0.25) is 0 Å². The van der Waals surface area contributed by atoms with Crippen LogP contribution in [0, 0.1) is 0 Å². The van der Waals surface area contributed by atoms with Crippen LogP contribution >= 0.6 is 11.3 Å². The Hall–Kier alpha value is -2.68. The number of nitrogens with zero attached hydrogens (tertiary/aromatic N) is 3. The number of amides is 1. The van der Waals surface area contributed by atoms with Gasteiger partial charge < -0.3 is 14.2 Å². The van der Waals surface area contributed by atoms with Gasteiger partial charge in [-0.3, -0.25) is 14.6 Å². The number of anilines is 1. The van der Waals surface area contributed by atoms with E-state index in [0.29, 0.717) is 23.2 Å². The minimum atomic E-state index is -0.119. The number of benzene rings is 2. The van der Waals surface area contributed by atoms with E-state index in [1.807, 2.05) is 42.5 Å². The molecule has 0 atom stereocenters. The zero-order valence-electron chi connectivity index (χ0n) is 17.7. The number of thiazole rings is 1. The molecule has 2 heterocycles. The second kappa shape index (κ2) is 10.6. The van der Waals surface area contributed by atoms with E-state index in [2.05, 4.69) is 4.90 Å². The Morgan fingerprint density at radius 2 is 1.87 bits per heavy atom. The fraction of sp³-hybridized carbons (Fsp3) is 0.391. The van der Waals surface area contributed by atoms with Crippen molar-refractivity contribution >= 4 is 32.6 Å². The van der Waals surface area contributed by atoms with Gasteiger partial charge in [0.15, 0.2) is 23.2 Å².